The number of aliphatic hydroxyl groups excluding tert-OH is 1. The number of methoxy groups -OCH3 is 1. The molecule has 1 unspecified atom stereocenters. The normalized spacial score (nSPS) is 12.9. The van der Waals surface area contributed by atoms with Crippen molar-refractivity contribution < 1.29 is 9.84 Å². The number of benzene rings is 1. The molecule has 0 amide bonds. The molecule has 3 heteroatoms. The van der Waals surface area contributed by atoms with Crippen LogP contribution in [0.25, 0.3) is 0 Å². The van der Waals surface area contributed by atoms with Crippen molar-refractivity contribution in [2.24, 2.45) is 0 Å². The fraction of sp³-hybridized carbons (Fsp3) is 0.500. The highest BCUT2D eigenvalue weighted by Gasteiger charge is 2.14. The third-order valence-corrected chi connectivity index (χ3v) is 2.23. The summed E-state index contributed by atoms with van der Waals surface area (Å²) in [4.78, 5) is 0. The minimum Gasteiger partial charge on any atom is -0.496 e. The second kappa shape index (κ2) is 5.73. The van der Waals surface area contributed by atoms with Crippen LogP contribution >= 0.6 is 0 Å². The van der Waals surface area contributed by atoms with E-state index in [-0.39, 0.29) is 12.6 Å². The SMILES string of the molecule is COc1ccccc1C(CO)NC(C)C. The lowest BCUT2D eigenvalue weighted by Crippen LogP contribution is -2.30. The van der Waals surface area contributed by atoms with E-state index in [4.69, 9.17) is 4.74 Å². The highest BCUT2D eigenvalue weighted by atomic mass is 16.5. The molecule has 0 aromatic heterocycles. The lowest BCUT2D eigenvalue weighted by atomic mass is 10.1. The van der Waals surface area contributed by atoms with Gasteiger partial charge in [-0.15, -0.1) is 0 Å². The van der Waals surface area contributed by atoms with Crippen LogP contribution < -0.4 is 10.1 Å². The van der Waals surface area contributed by atoms with Crippen LogP contribution in [0.4, 0.5) is 0 Å². The number of para-hydroxylation sites is 1. The van der Waals surface area contributed by atoms with Crippen LogP contribution in [-0.2, 0) is 0 Å². The molecule has 2 N–H and O–H groups in total. The molecule has 0 bridgehead atoms. The van der Waals surface area contributed by atoms with Crippen LogP contribution in [-0.4, -0.2) is 24.9 Å². The van der Waals surface area contributed by atoms with Crippen molar-refractivity contribution in [2.75, 3.05) is 13.7 Å². The van der Waals surface area contributed by atoms with Crippen LogP contribution in [0.1, 0.15) is 25.5 Å². The molecule has 15 heavy (non-hydrogen) atoms. The van der Waals surface area contributed by atoms with Crippen molar-refractivity contribution in [1.29, 1.82) is 0 Å². The van der Waals surface area contributed by atoms with Gasteiger partial charge in [0.2, 0.25) is 0 Å². The van der Waals surface area contributed by atoms with Gasteiger partial charge in [-0.2, -0.15) is 0 Å². The Hall–Kier alpha value is -1.06. The summed E-state index contributed by atoms with van der Waals surface area (Å²) in [5.74, 6) is 0.810. The summed E-state index contributed by atoms with van der Waals surface area (Å²) in [5, 5.41) is 12.6. The van der Waals surface area contributed by atoms with E-state index < -0.39 is 0 Å². The molecule has 84 valence electrons. The molecule has 0 aliphatic rings. The smallest absolute Gasteiger partial charge is 0.123 e. The van der Waals surface area contributed by atoms with Gasteiger partial charge < -0.3 is 15.2 Å². The van der Waals surface area contributed by atoms with Gasteiger partial charge in [0, 0.05) is 11.6 Å². The zero-order chi connectivity index (χ0) is 11.3. The topological polar surface area (TPSA) is 41.5 Å². The molecule has 1 rings (SSSR count). The Morgan fingerprint density at radius 1 is 1.33 bits per heavy atom. The van der Waals surface area contributed by atoms with E-state index in [9.17, 15) is 5.11 Å². The summed E-state index contributed by atoms with van der Waals surface area (Å²) in [6, 6.07) is 8.00. The fourth-order valence-corrected chi connectivity index (χ4v) is 1.60. The predicted molar refractivity (Wildman–Crippen MR) is 61.1 cm³/mol. The first-order valence-electron chi connectivity index (χ1n) is 5.18. The Balaban J connectivity index is 2.90. The summed E-state index contributed by atoms with van der Waals surface area (Å²) in [5.41, 5.74) is 0.996. The van der Waals surface area contributed by atoms with Gasteiger partial charge in [0.15, 0.2) is 0 Å². The van der Waals surface area contributed by atoms with Crippen molar-refractivity contribution in [3.63, 3.8) is 0 Å². The van der Waals surface area contributed by atoms with Crippen LogP contribution in [0.2, 0.25) is 0 Å². The summed E-state index contributed by atoms with van der Waals surface area (Å²) in [6.07, 6.45) is 0. The van der Waals surface area contributed by atoms with Gasteiger partial charge in [-0.25, -0.2) is 0 Å². The molecule has 0 fully saturated rings. The quantitative estimate of drug-likeness (QED) is 0.776. The van der Waals surface area contributed by atoms with Crippen molar-refractivity contribution >= 4 is 0 Å². The zero-order valence-corrected chi connectivity index (χ0v) is 9.53. The minimum atomic E-state index is -0.0684. The van der Waals surface area contributed by atoms with Gasteiger partial charge in [-0.05, 0) is 6.07 Å². The van der Waals surface area contributed by atoms with Crippen molar-refractivity contribution in [3.8, 4) is 5.75 Å². The maximum Gasteiger partial charge on any atom is 0.123 e. The maximum absolute atomic E-state index is 9.33. The lowest BCUT2D eigenvalue weighted by Gasteiger charge is -2.21. The molecule has 1 aromatic carbocycles. The molecule has 0 heterocycles. The molecular formula is C12H19NO2. The second-order valence-corrected chi connectivity index (χ2v) is 3.80. The van der Waals surface area contributed by atoms with Gasteiger partial charge >= 0.3 is 0 Å². The molecule has 3 nitrogen and oxygen atoms in total. The molecule has 0 spiro atoms. The van der Waals surface area contributed by atoms with Crippen LogP contribution in [0.3, 0.4) is 0 Å². The summed E-state index contributed by atoms with van der Waals surface area (Å²) < 4.78 is 5.26. The van der Waals surface area contributed by atoms with Crippen LogP contribution in [0, 0.1) is 0 Å². The van der Waals surface area contributed by atoms with E-state index in [0.717, 1.165) is 11.3 Å². The number of rotatable bonds is 5. The van der Waals surface area contributed by atoms with Gasteiger partial charge in [-0.1, -0.05) is 32.0 Å². The standard InChI is InChI=1S/C12H19NO2/c1-9(2)13-11(8-14)10-6-4-5-7-12(10)15-3/h4-7,9,11,13-14H,8H2,1-3H3. The average Bonchev–Trinajstić information content (AvgIpc) is 2.25. The Labute approximate surface area is 91.1 Å². The molecular weight excluding hydrogens is 190 g/mol. The van der Waals surface area contributed by atoms with Crippen LogP contribution in [0.5, 0.6) is 5.75 Å². The number of ether oxygens (including phenoxy) is 1. The average molecular weight is 209 g/mol. The molecule has 1 aromatic rings. The number of aliphatic hydroxyl groups is 1. The Morgan fingerprint density at radius 3 is 2.53 bits per heavy atom. The van der Waals surface area contributed by atoms with E-state index in [1.807, 2.05) is 24.3 Å². The zero-order valence-electron chi connectivity index (χ0n) is 9.53. The highest BCUT2D eigenvalue weighted by Crippen LogP contribution is 2.24. The molecule has 1 atom stereocenters. The maximum atomic E-state index is 9.33. The third-order valence-electron chi connectivity index (χ3n) is 2.23. The summed E-state index contributed by atoms with van der Waals surface area (Å²) >= 11 is 0. The van der Waals surface area contributed by atoms with E-state index in [1.165, 1.54) is 0 Å². The minimum absolute atomic E-state index is 0.0680. The van der Waals surface area contributed by atoms with Gasteiger partial charge in [0.1, 0.15) is 5.75 Å². The highest BCUT2D eigenvalue weighted by molar-refractivity contribution is 5.35. The number of nitrogens with one attached hydrogen (secondary N) is 1. The molecule has 0 saturated heterocycles. The summed E-state index contributed by atoms with van der Waals surface area (Å²) in [7, 11) is 1.64. The largest absolute Gasteiger partial charge is 0.496 e. The van der Waals surface area contributed by atoms with E-state index in [2.05, 4.69) is 19.2 Å². The van der Waals surface area contributed by atoms with Gasteiger partial charge in [0.25, 0.3) is 0 Å². The second-order valence-electron chi connectivity index (χ2n) is 3.80. The number of hydrogen-bond acceptors (Lipinski definition) is 3. The van der Waals surface area contributed by atoms with Crippen molar-refractivity contribution in [3.05, 3.63) is 29.8 Å². The van der Waals surface area contributed by atoms with Gasteiger partial charge in [0.05, 0.1) is 19.8 Å². The Morgan fingerprint density at radius 2 is 2.00 bits per heavy atom. The van der Waals surface area contributed by atoms with E-state index in [0.29, 0.717) is 6.04 Å². The molecule has 0 aliphatic carbocycles. The van der Waals surface area contributed by atoms with E-state index in [1.54, 1.807) is 7.11 Å². The van der Waals surface area contributed by atoms with Gasteiger partial charge in [-0.3, -0.25) is 0 Å². The van der Waals surface area contributed by atoms with Crippen LogP contribution in [0.15, 0.2) is 24.3 Å². The molecule has 0 aliphatic heterocycles. The summed E-state index contributed by atoms with van der Waals surface area (Å²) in [6.45, 7) is 4.18. The first-order valence-corrected chi connectivity index (χ1v) is 5.18. The Bertz CT molecular complexity index is 299. The van der Waals surface area contributed by atoms with Crippen molar-refractivity contribution in [2.45, 2.75) is 25.9 Å². The third kappa shape index (κ3) is 3.22. The van der Waals surface area contributed by atoms with Crippen molar-refractivity contribution in [1.82, 2.24) is 5.32 Å². The first-order chi connectivity index (χ1) is 7.19. The molecule has 0 radical (unpaired) electrons. The lowest BCUT2D eigenvalue weighted by molar-refractivity contribution is 0.234. The monoisotopic (exact) mass is 209 g/mol. The fourth-order valence-electron chi connectivity index (χ4n) is 1.60. The predicted octanol–water partition coefficient (Wildman–Crippen LogP) is 1.73. The first kappa shape index (κ1) is 12.0. The Kier molecular flexibility index (Phi) is 4.59. The molecule has 0 saturated carbocycles. The van der Waals surface area contributed by atoms with E-state index >= 15 is 0 Å². The number of hydrogen-bond donors (Lipinski definition) is 2.